The van der Waals surface area contributed by atoms with Crippen LogP contribution < -0.4 is 4.72 Å². The zero-order valence-electron chi connectivity index (χ0n) is 5.97. The van der Waals surface area contributed by atoms with Crippen LogP contribution in [0.1, 0.15) is 6.92 Å². The van der Waals surface area contributed by atoms with Gasteiger partial charge in [-0.15, -0.1) is 0 Å². The van der Waals surface area contributed by atoms with Crippen molar-refractivity contribution in [3.8, 4) is 0 Å². The standard InChI is InChI=1S/C4H6F3NO3S/c1-3(9)2-8-12(10,11)4(5,6)7/h8H,2H2,1H3. The average molecular weight is 205 g/mol. The summed E-state index contributed by atoms with van der Waals surface area (Å²) >= 11 is 0. The summed E-state index contributed by atoms with van der Waals surface area (Å²) in [6, 6.07) is 0. The number of nitrogens with one attached hydrogen (secondary N) is 1. The molecule has 0 heterocycles. The van der Waals surface area contributed by atoms with E-state index in [2.05, 4.69) is 0 Å². The maximum Gasteiger partial charge on any atom is 0.511 e. The zero-order chi connectivity index (χ0) is 9.99. The Hall–Kier alpha value is -0.630. The molecule has 0 aliphatic carbocycles. The van der Waals surface area contributed by atoms with Gasteiger partial charge in [-0.1, -0.05) is 0 Å². The van der Waals surface area contributed by atoms with Crippen molar-refractivity contribution in [3.05, 3.63) is 0 Å². The second-order valence-corrected chi connectivity index (χ2v) is 3.73. The Morgan fingerprint density at radius 2 is 1.83 bits per heavy atom. The van der Waals surface area contributed by atoms with E-state index in [1.807, 2.05) is 0 Å². The molecule has 0 radical (unpaired) electrons. The van der Waals surface area contributed by atoms with E-state index >= 15 is 0 Å². The summed E-state index contributed by atoms with van der Waals surface area (Å²) in [4.78, 5) is 10.1. The number of halogens is 3. The minimum Gasteiger partial charge on any atom is -0.299 e. The van der Waals surface area contributed by atoms with E-state index in [1.165, 1.54) is 0 Å². The lowest BCUT2D eigenvalue weighted by Gasteiger charge is -2.07. The van der Waals surface area contributed by atoms with Gasteiger partial charge in [-0.3, -0.25) is 4.79 Å². The summed E-state index contributed by atoms with van der Waals surface area (Å²) in [5, 5.41) is 0. The smallest absolute Gasteiger partial charge is 0.299 e. The molecule has 72 valence electrons. The van der Waals surface area contributed by atoms with Crippen molar-refractivity contribution >= 4 is 15.8 Å². The number of rotatable bonds is 3. The zero-order valence-corrected chi connectivity index (χ0v) is 6.79. The molecule has 12 heavy (non-hydrogen) atoms. The molecular weight excluding hydrogens is 199 g/mol. The number of Topliss-reactive ketones (excluding diaryl/α,β-unsaturated/α-hetero) is 1. The van der Waals surface area contributed by atoms with Gasteiger partial charge in [0, 0.05) is 0 Å². The predicted molar refractivity (Wildman–Crippen MR) is 33.7 cm³/mol. The molecule has 0 amide bonds. The predicted octanol–water partition coefficient (Wildman–Crippen LogP) is 0.0146. The van der Waals surface area contributed by atoms with Gasteiger partial charge in [-0.2, -0.15) is 17.9 Å². The number of hydrogen-bond acceptors (Lipinski definition) is 3. The Balaban J connectivity index is 4.37. The molecule has 0 atom stereocenters. The van der Waals surface area contributed by atoms with Crippen molar-refractivity contribution in [1.29, 1.82) is 0 Å². The third-order valence-corrected chi connectivity index (χ3v) is 1.95. The fourth-order valence-electron chi connectivity index (χ4n) is 0.278. The maximum absolute atomic E-state index is 11.5. The van der Waals surface area contributed by atoms with Gasteiger partial charge < -0.3 is 0 Å². The topological polar surface area (TPSA) is 63.2 Å². The molecule has 0 aliphatic heterocycles. The van der Waals surface area contributed by atoms with E-state index in [0.29, 0.717) is 0 Å². The number of carbonyl (C=O) groups excluding carboxylic acids is 1. The van der Waals surface area contributed by atoms with Gasteiger partial charge in [0.25, 0.3) is 0 Å². The molecule has 8 heteroatoms. The van der Waals surface area contributed by atoms with Crippen molar-refractivity contribution in [3.63, 3.8) is 0 Å². The van der Waals surface area contributed by atoms with Crippen LogP contribution in [0.25, 0.3) is 0 Å². The van der Waals surface area contributed by atoms with E-state index in [1.54, 1.807) is 0 Å². The van der Waals surface area contributed by atoms with Gasteiger partial charge >= 0.3 is 15.5 Å². The first-order valence-corrected chi connectivity index (χ1v) is 4.20. The van der Waals surface area contributed by atoms with E-state index in [4.69, 9.17) is 0 Å². The lowest BCUT2D eigenvalue weighted by molar-refractivity contribution is -0.116. The van der Waals surface area contributed by atoms with Crippen molar-refractivity contribution < 1.29 is 26.4 Å². The van der Waals surface area contributed by atoms with E-state index in [9.17, 15) is 26.4 Å². The van der Waals surface area contributed by atoms with Gasteiger partial charge in [-0.25, -0.2) is 8.42 Å². The number of alkyl halides is 3. The Morgan fingerprint density at radius 3 is 2.08 bits per heavy atom. The molecule has 0 aliphatic rings. The lowest BCUT2D eigenvalue weighted by atomic mass is 10.5. The third-order valence-electron chi connectivity index (χ3n) is 0.816. The first kappa shape index (κ1) is 11.4. The van der Waals surface area contributed by atoms with Crippen molar-refractivity contribution in [2.24, 2.45) is 0 Å². The second-order valence-electron chi connectivity index (χ2n) is 1.97. The van der Waals surface area contributed by atoms with E-state index in [0.717, 1.165) is 11.6 Å². The largest absolute Gasteiger partial charge is 0.511 e. The van der Waals surface area contributed by atoms with Crippen molar-refractivity contribution in [2.45, 2.75) is 12.4 Å². The highest BCUT2D eigenvalue weighted by atomic mass is 32.2. The highest BCUT2D eigenvalue weighted by molar-refractivity contribution is 7.90. The van der Waals surface area contributed by atoms with Gasteiger partial charge in [0.15, 0.2) is 0 Å². The van der Waals surface area contributed by atoms with Gasteiger partial charge in [-0.05, 0) is 6.92 Å². The normalized spacial score (nSPS) is 13.0. The van der Waals surface area contributed by atoms with Gasteiger partial charge in [0.2, 0.25) is 0 Å². The Kier molecular flexibility index (Phi) is 3.22. The SMILES string of the molecule is CC(=O)CNS(=O)(=O)C(F)(F)F. The quantitative estimate of drug-likeness (QED) is 0.706. The summed E-state index contributed by atoms with van der Waals surface area (Å²) in [7, 11) is -5.36. The molecule has 0 bridgehead atoms. The molecule has 0 unspecified atom stereocenters. The minimum atomic E-state index is -5.36. The molecule has 0 rings (SSSR count). The monoisotopic (exact) mass is 205 g/mol. The fourth-order valence-corrected chi connectivity index (χ4v) is 0.835. The highest BCUT2D eigenvalue weighted by Crippen LogP contribution is 2.21. The first-order chi connectivity index (χ1) is 5.17. The number of sulfonamides is 1. The first-order valence-electron chi connectivity index (χ1n) is 2.72. The summed E-state index contributed by atoms with van der Waals surface area (Å²) in [5.74, 6) is -0.692. The molecule has 0 aromatic heterocycles. The number of carbonyl (C=O) groups is 1. The van der Waals surface area contributed by atoms with Crippen molar-refractivity contribution in [1.82, 2.24) is 4.72 Å². The van der Waals surface area contributed by atoms with Crippen LogP contribution in [0.5, 0.6) is 0 Å². The van der Waals surface area contributed by atoms with Crippen LogP contribution in [0.3, 0.4) is 0 Å². The fraction of sp³-hybridized carbons (Fsp3) is 0.750. The molecule has 0 aromatic carbocycles. The van der Waals surface area contributed by atoms with Crippen LogP contribution in [-0.4, -0.2) is 26.3 Å². The maximum atomic E-state index is 11.5. The Bertz CT molecular complexity index is 268. The molecule has 0 saturated heterocycles. The molecule has 0 fully saturated rings. The van der Waals surface area contributed by atoms with Gasteiger partial charge in [0.05, 0.1) is 6.54 Å². The summed E-state index contributed by atoms with van der Waals surface area (Å²) in [5.41, 5.74) is -5.36. The van der Waals surface area contributed by atoms with Crippen LogP contribution in [0.4, 0.5) is 13.2 Å². The molecule has 0 spiro atoms. The van der Waals surface area contributed by atoms with Gasteiger partial charge in [0.1, 0.15) is 5.78 Å². The van der Waals surface area contributed by atoms with Crippen LogP contribution in [0.2, 0.25) is 0 Å². The second kappa shape index (κ2) is 3.40. The van der Waals surface area contributed by atoms with Crippen LogP contribution in [0, 0.1) is 0 Å². The van der Waals surface area contributed by atoms with Crippen LogP contribution in [0.15, 0.2) is 0 Å². The highest BCUT2D eigenvalue weighted by Gasteiger charge is 2.45. The summed E-state index contributed by atoms with van der Waals surface area (Å²) in [6.45, 7) is 0.126. The Morgan fingerprint density at radius 1 is 1.42 bits per heavy atom. The molecule has 0 aromatic rings. The summed E-state index contributed by atoms with van der Waals surface area (Å²) in [6.07, 6.45) is 0. The van der Waals surface area contributed by atoms with Crippen LogP contribution >= 0.6 is 0 Å². The molecule has 0 saturated carbocycles. The van der Waals surface area contributed by atoms with E-state index in [-0.39, 0.29) is 0 Å². The molecule has 1 N–H and O–H groups in total. The van der Waals surface area contributed by atoms with Crippen molar-refractivity contribution in [2.75, 3.05) is 6.54 Å². The van der Waals surface area contributed by atoms with Crippen LogP contribution in [-0.2, 0) is 14.8 Å². The average Bonchev–Trinajstić information content (AvgIpc) is 1.81. The Labute approximate surface area is 66.8 Å². The number of hydrogen-bond donors (Lipinski definition) is 1. The summed E-state index contributed by atoms with van der Waals surface area (Å²) < 4.78 is 56.0. The minimum absolute atomic E-state index is 0.692. The number of ketones is 1. The van der Waals surface area contributed by atoms with E-state index < -0.39 is 27.9 Å². The molecular formula is C4H6F3NO3S. The lowest BCUT2D eigenvalue weighted by Crippen LogP contribution is -2.38. The third kappa shape index (κ3) is 3.18. The molecule has 4 nitrogen and oxygen atoms in total.